The van der Waals surface area contributed by atoms with E-state index in [0.717, 1.165) is 32.3 Å². The Bertz CT molecular complexity index is 1040. The summed E-state index contributed by atoms with van der Waals surface area (Å²) in [5, 5.41) is 3.70. The van der Waals surface area contributed by atoms with Gasteiger partial charge in [0, 0.05) is 18.5 Å². The van der Waals surface area contributed by atoms with Gasteiger partial charge >= 0.3 is 6.18 Å². The summed E-state index contributed by atoms with van der Waals surface area (Å²) in [4.78, 5) is 27.9. The van der Waals surface area contributed by atoms with Gasteiger partial charge in [0.15, 0.2) is 0 Å². The molecular formula is C19H17F3N4OS2. The van der Waals surface area contributed by atoms with Crippen LogP contribution in [0.4, 0.5) is 18.9 Å². The van der Waals surface area contributed by atoms with E-state index in [1.54, 1.807) is 11.3 Å². The molecule has 0 N–H and O–H groups in total. The molecule has 1 saturated heterocycles. The van der Waals surface area contributed by atoms with E-state index in [9.17, 15) is 18.0 Å². The molecule has 0 bridgehead atoms. The van der Waals surface area contributed by atoms with Gasteiger partial charge in [0.1, 0.15) is 16.5 Å². The highest BCUT2D eigenvalue weighted by atomic mass is 32.1. The van der Waals surface area contributed by atoms with E-state index in [4.69, 9.17) is 0 Å². The normalized spacial score (nSPS) is 14.9. The molecule has 0 saturated carbocycles. The van der Waals surface area contributed by atoms with Gasteiger partial charge in [0.2, 0.25) is 0 Å². The lowest BCUT2D eigenvalue weighted by Gasteiger charge is -2.39. The lowest BCUT2D eigenvalue weighted by molar-refractivity contribution is -0.141. The number of nitrogens with zero attached hydrogens (tertiary/aromatic N) is 4. The Morgan fingerprint density at radius 2 is 2.00 bits per heavy atom. The zero-order valence-electron chi connectivity index (χ0n) is 15.7. The molecule has 0 spiro atoms. The number of rotatable bonds is 5. The molecule has 152 valence electrons. The molecule has 1 fully saturated rings. The van der Waals surface area contributed by atoms with Crippen molar-refractivity contribution in [2.45, 2.75) is 26.4 Å². The van der Waals surface area contributed by atoms with Crippen molar-refractivity contribution in [3.63, 3.8) is 0 Å². The van der Waals surface area contributed by atoms with Crippen molar-refractivity contribution in [2.75, 3.05) is 18.0 Å². The maximum Gasteiger partial charge on any atom is 0.433 e. The molecule has 5 nitrogen and oxygen atoms in total. The highest BCUT2D eigenvalue weighted by Gasteiger charge is 2.35. The van der Waals surface area contributed by atoms with Crippen molar-refractivity contribution in [1.29, 1.82) is 0 Å². The van der Waals surface area contributed by atoms with Crippen molar-refractivity contribution < 1.29 is 18.0 Å². The van der Waals surface area contributed by atoms with E-state index in [-0.39, 0.29) is 18.1 Å². The molecule has 3 aromatic rings. The van der Waals surface area contributed by atoms with Crippen molar-refractivity contribution in [3.8, 4) is 10.6 Å². The quantitative estimate of drug-likeness (QED) is 0.585. The van der Waals surface area contributed by atoms with Gasteiger partial charge in [-0.3, -0.25) is 4.79 Å². The maximum absolute atomic E-state index is 12.6. The van der Waals surface area contributed by atoms with Crippen LogP contribution >= 0.6 is 22.7 Å². The minimum absolute atomic E-state index is 0.0965. The number of hydrogen-bond acceptors (Lipinski definition) is 7. The van der Waals surface area contributed by atoms with Gasteiger partial charge in [0.25, 0.3) is 0 Å². The van der Waals surface area contributed by atoms with Crippen molar-refractivity contribution >= 4 is 34.1 Å². The number of alkyl halides is 3. The maximum atomic E-state index is 12.6. The third kappa shape index (κ3) is 4.18. The van der Waals surface area contributed by atoms with Gasteiger partial charge in [-0.1, -0.05) is 0 Å². The van der Waals surface area contributed by atoms with Crippen molar-refractivity contribution in [3.05, 3.63) is 45.1 Å². The smallest absolute Gasteiger partial charge is 0.369 e. The summed E-state index contributed by atoms with van der Waals surface area (Å²) in [7, 11) is 0. The first-order valence-electron chi connectivity index (χ1n) is 8.90. The average molecular weight is 438 g/mol. The minimum atomic E-state index is -4.45. The van der Waals surface area contributed by atoms with Gasteiger partial charge in [-0.2, -0.15) is 13.2 Å². The largest absolute Gasteiger partial charge is 0.433 e. The molecule has 1 aliphatic heterocycles. The van der Waals surface area contributed by atoms with Crippen LogP contribution in [0, 0.1) is 19.8 Å². The minimum Gasteiger partial charge on any atom is -0.369 e. The molecule has 0 aromatic carbocycles. The number of carbonyl (C=O) groups is 1. The molecule has 0 aliphatic carbocycles. The SMILES string of the molecule is Cc1nc(C)c(-c2csc(CC(=O)C3CN(c4ccc(C(F)(F)F)nc4)C3)n2)s1. The first kappa shape index (κ1) is 20.0. The Morgan fingerprint density at radius 3 is 2.59 bits per heavy atom. The van der Waals surface area contributed by atoms with Crippen LogP contribution in [0.3, 0.4) is 0 Å². The predicted octanol–water partition coefficient (Wildman–Crippen LogP) is 4.55. The lowest BCUT2D eigenvalue weighted by atomic mass is 9.93. The van der Waals surface area contributed by atoms with Crippen LogP contribution < -0.4 is 4.90 Å². The third-order valence-corrected chi connectivity index (χ3v) is 6.70. The van der Waals surface area contributed by atoms with Crippen LogP contribution in [0.25, 0.3) is 10.6 Å². The number of halogens is 3. The fraction of sp³-hybridized carbons (Fsp3) is 0.368. The van der Waals surface area contributed by atoms with Crippen LogP contribution in [0.5, 0.6) is 0 Å². The van der Waals surface area contributed by atoms with Crippen molar-refractivity contribution in [1.82, 2.24) is 15.0 Å². The molecule has 0 radical (unpaired) electrons. The molecule has 4 heterocycles. The summed E-state index contributed by atoms with van der Waals surface area (Å²) in [6.45, 7) is 4.86. The van der Waals surface area contributed by atoms with Crippen LogP contribution in [0.2, 0.25) is 0 Å². The highest BCUT2D eigenvalue weighted by molar-refractivity contribution is 7.16. The van der Waals surface area contributed by atoms with Crippen molar-refractivity contribution in [2.24, 2.45) is 5.92 Å². The molecule has 4 rings (SSSR count). The Morgan fingerprint density at radius 1 is 1.24 bits per heavy atom. The van der Waals surface area contributed by atoms with E-state index in [1.807, 2.05) is 24.1 Å². The number of pyridine rings is 1. The number of carbonyl (C=O) groups excluding carboxylic acids is 1. The Labute approximate surface area is 173 Å². The molecule has 0 atom stereocenters. The Balaban J connectivity index is 1.34. The molecule has 0 amide bonds. The second-order valence-electron chi connectivity index (χ2n) is 6.92. The first-order chi connectivity index (χ1) is 13.7. The van der Waals surface area contributed by atoms with Crippen LogP contribution in [0.15, 0.2) is 23.7 Å². The molecule has 29 heavy (non-hydrogen) atoms. The van der Waals surface area contributed by atoms with Crippen LogP contribution in [0.1, 0.15) is 21.4 Å². The van der Waals surface area contributed by atoms with Crippen LogP contribution in [-0.4, -0.2) is 33.8 Å². The van der Waals surface area contributed by atoms with E-state index in [0.29, 0.717) is 18.8 Å². The predicted molar refractivity (Wildman–Crippen MR) is 106 cm³/mol. The topological polar surface area (TPSA) is 59.0 Å². The second-order valence-corrected chi connectivity index (χ2v) is 9.06. The van der Waals surface area contributed by atoms with Gasteiger partial charge in [0.05, 0.1) is 45.5 Å². The summed E-state index contributed by atoms with van der Waals surface area (Å²) in [6.07, 6.45) is -2.98. The number of anilines is 1. The number of hydrogen-bond donors (Lipinski definition) is 0. The highest BCUT2D eigenvalue weighted by Crippen LogP contribution is 2.32. The Kier molecular flexibility index (Phi) is 5.16. The van der Waals surface area contributed by atoms with E-state index < -0.39 is 11.9 Å². The summed E-state index contributed by atoms with van der Waals surface area (Å²) in [5.74, 6) is -0.0451. The number of thiazole rings is 2. The number of Topliss-reactive ketones (excluding diaryl/α,β-unsaturated/α-hetero) is 1. The van der Waals surface area contributed by atoms with E-state index in [1.165, 1.54) is 23.6 Å². The monoisotopic (exact) mass is 438 g/mol. The number of aryl methyl sites for hydroxylation is 2. The molecule has 10 heteroatoms. The summed E-state index contributed by atoms with van der Waals surface area (Å²) >= 11 is 3.05. The van der Waals surface area contributed by atoms with Gasteiger partial charge < -0.3 is 4.90 Å². The first-order valence-corrected chi connectivity index (χ1v) is 10.6. The van der Waals surface area contributed by atoms with E-state index in [2.05, 4.69) is 15.0 Å². The van der Waals surface area contributed by atoms with Gasteiger partial charge in [-0.05, 0) is 26.0 Å². The van der Waals surface area contributed by atoms with Crippen LogP contribution in [-0.2, 0) is 17.4 Å². The third-order valence-electron chi connectivity index (χ3n) is 4.75. The Hall–Kier alpha value is -2.33. The number of ketones is 1. The molecular weight excluding hydrogens is 421 g/mol. The molecule has 1 aliphatic rings. The molecule has 3 aromatic heterocycles. The summed E-state index contributed by atoms with van der Waals surface area (Å²) in [5.41, 5.74) is 1.47. The second kappa shape index (κ2) is 7.49. The van der Waals surface area contributed by atoms with Gasteiger partial charge in [-0.25, -0.2) is 15.0 Å². The molecule has 0 unspecified atom stereocenters. The van der Waals surface area contributed by atoms with E-state index >= 15 is 0 Å². The van der Waals surface area contributed by atoms with Gasteiger partial charge in [-0.15, -0.1) is 22.7 Å². The number of aromatic nitrogens is 3. The fourth-order valence-electron chi connectivity index (χ4n) is 3.19. The average Bonchev–Trinajstić information content (AvgIpc) is 3.19. The standard InChI is InChI=1S/C19H17F3N4OS2/c1-10-18(29-11(2)24-10)14-9-28-17(25-14)5-15(27)12-7-26(8-12)13-3-4-16(23-6-13)19(20,21)22/h3-4,6,9,12H,5,7-8H2,1-2H3. The lowest BCUT2D eigenvalue weighted by Crippen LogP contribution is -2.51. The zero-order chi connectivity index (χ0) is 20.8. The zero-order valence-corrected chi connectivity index (χ0v) is 17.3. The fourth-order valence-corrected chi connectivity index (χ4v) is 4.94. The summed E-state index contributed by atoms with van der Waals surface area (Å²) in [6, 6.07) is 2.35. The summed E-state index contributed by atoms with van der Waals surface area (Å²) < 4.78 is 37.8.